The average Bonchev–Trinajstić information content (AvgIpc) is 4.08. The van der Waals surface area contributed by atoms with Gasteiger partial charge in [0.15, 0.2) is 0 Å². The fourth-order valence-corrected chi connectivity index (χ4v) is 9.41. The Morgan fingerprint density at radius 2 is 1.64 bits per heavy atom. The summed E-state index contributed by atoms with van der Waals surface area (Å²) in [6.07, 6.45) is 5.83. The number of alkyl halides is 2. The predicted molar refractivity (Wildman–Crippen MR) is 203 cm³/mol. The molecule has 10 rings (SSSR count). The molecule has 3 fully saturated rings. The summed E-state index contributed by atoms with van der Waals surface area (Å²) in [5.41, 5.74) is 6.00. The summed E-state index contributed by atoms with van der Waals surface area (Å²) < 4.78 is 37.5. The number of imidazole rings is 2. The number of ether oxygens (including phenoxy) is 1. The van der Waals surface area contributed by atoms with Crippen LogP contribution in [0.1, 0.15) is 78.6 Å². The molecule has 0 radical (unpaired) electrons. The lowest BCUT2D eigenvalue weighted by atomic mass is 9.96. The SMILES string of the molecule is COC(=O)N[C@@H](C(=O)N1[C@@H]2CCC(C2)[C@H]1c1nc2ccc(-c3ccc4c(c3)C(F)(F)c3cc(-c5cnc([C@@H]6CCCN6)[nH]5)ccc3-4)cc2[nH]1)c1ccccc1. The maximum atomic E-state index is 16.3. The number of likely N-dealkylation sites (tertiary alicyclic amines) is 1. The molecule has 278 valence electrons. The van der Waals surface area contributed by atoms with Gasteiger partial charge < -0.3 is 30.2 Å². The number of aromatic amines is 2. The topological polar surface area (TPSA) is 128 Å². The molecule has 5 atom stereocenters. The van der Waals surface area contributed by atoms with Gasteiger partial charge in [0.25, 0.3) is 11.8 Å². The van der Waals surface area contributed by atoms with E-state index in [1.807, 2.05) is 65.6 Å². The molecule has 4 aromatic carbocycles. The zero-order valence-corrected chi connectivity index (χ0v) is 30.1. The number of carbonyl (C=O) groups is 2. The number of alkyl carbamates (subject to hydrolysis) is 1. The van der Waals surface area contributed by atoms with E-state index < -0.39 is 18.1 Å². The minimum Gasteiger partial charge on any atom is -0.453 e. The van der Waals surface area contributed by atoms with E-state index in [0.717, 1.165) is 66.8 Å². The van der Waals surface area contributed by atoms with E-state index in [0.29, 0.717) is 33.6 Å². The summed E-state index contributed by atoms with van der Waals surface area (Å²) in [5.74, 6) is -1.68. The monoisotopic (exact) mass is 739 g/mol. The van der Waals surface area contributed by atoms with E-state index in [1.54, 1.807) is 30.5 Å². The number of piperidine rings is 1. The van der Waals surface area contributed by atoms with Crippen LogP contribution in [-0.4, -0.2) is 56.5 Å². The molecule has 2 amide bonds. The number of nitrogens with one attached hydrogen (secondary N) is 4. The maximum Gasteiger partial charge on any atom is 0.407 e. The third-order valence-corrected chi connectivity index (χ3v) is 12.1. The Hall–Kier alpha value is -5.88. The smallest absolute Gasteiger partial charge is 0.407 e. The number of aromatic nitrogens is 4. The van der Waals surface area contributed by atoms with Crippen LogP contribution in [0.3, 0.4) is 0 Å². The molecule has 2 aliphatic carbocycles. The molecule has 2 aliphatic heterocycles. The number of carbonyl (C=O) groups excluding carboxylic acids is 2. The molecule has 6 aromatic rings. The summed E-state index contributed by atoms with van der Waals surface area (Å²) in [7, 11) is 1.28. The van der Waals surface area contributed by atoms with Gasteiger partial charge in [0, 0.05) is 22.7 Å². The first kappa shape index (κ1) is 33.7. The zero-order valence-electron chi connectivity index (χ0n) is 30.1. The van der Waals surface area contributed by atoms with Crippen molar-refractivity contribution in [1.29, 1.82) is 0 Å². The first-order valence-electron chi connectivity index (χ1n) is 18.9. The van der Waals surface area contributed by atoms with E-state index in [9.17, 15) is 9.59 Å². The molecule has 12 heteroatoms. The maximum absolute atomic E-state index is 16.3. The fourth-order valence-electron chi connectivity index (χ4n) is 9.41. The first-order valence-corrected chi connectivity index (χ1v) is 18.9. The lowest BCUT2D eigenvalue weighted by Gasteiger charge is -2.36. The van der Waals surface area contributed by atoms with Crippen molar-refractivity contribution in [1.82, 2.24) is 35.5 Å². The number of methoxy groups -OCH3 is 1. The molecule has 10 nitrogen and oxygen atoms in total. The van der Waals surface area contributed by atoms with E-state index in [4.69, 9.17) is 9.72 Å². The molecule has 4 heterocycles. The first-order chi connectivity index (χ1) is 26.8. The van der Waals surface area contributed by atoms with Crippen molar-refractivity contribution < 1.29 is 23.1 Å². The summed E-state index contributed by atoms with van der Waals surface area (Å²) in [5, 5.41) is 6.18. The second kappa shape index (κ2) is 12.9. The van der Waals surface area contributed by atoms with Gasteiger partial charge in [-0.1, -0.05) is 60.7 Å². The van der Waals surface area contributed by atoms with Gasteiger partial charge in [-0.2, -0.15) is 8.78 Å². The van der Waals surface area contributed by atoms with Crippen LogP contribution in [-0.2, 0) is 15.5 Å². The number of nitrogens with zero attached hydrogens (tertiary/aromatic N) is 3. The summed E-state index contributed by atoms with van der Waals surface area (Å²) in [6.45, 7) is 0.944. The van der Waals surface area contributed by atoms with Crippen LogP contribution in [0.5, 0.6) is 0 Å². The highest BCUT2D eigenvalue weighted by atomic mass is 19.3. The van der Waals surface area contributed by atoms with Gasteiger partial charge in [-0.15, -0.1) is 0 Å². The van der Waals surface area contributed by atoms with E-state index in [-0.39, 0.29) is 41.1 Å². The van der Waals surface area contributed by atoms with E-state index in [1.165, 1.54) is 7.11 Å². The van der Waals surface area contributed by atoms with Crippen LogP contribution in [0.2, 0.25) is 0 Å². The average molecular weight is 740 g/mol. The third-order valence-electron chi connectivity index (χ3n) is 12.1. The van der Waals surface area contributed by atoms with Crippen molar-refractivity contribution >= 4 is 23.0 Å². The van der Waals surface area contributed by atoms with Gasteiger partial charge in [0.05, 0.1) is 42.1 Å². The molecular formula is C43H39F2N7O3. The predicted octanol–water partition coefficient (Wildman–Crippen LogP) is 8.31. The number of halogens is 2. The van der Waals surface area contributed by atoms with Crippen LogP contribution >= 0.6 is 0 Å². The van der Waals surface area contributed by atoms with Crippen LogP contribution in [0.15, 0.2) is 91.1 Å². The largest absolute Gasteiger partial charge is 0.453 e. The Labute approximate surface area is 315 Å². The molecule has 0 spiro atoms. The van der Waals surface area contributed by atoms with E-state index >= 15 is 8.78 Å². The van der Waals surface area contributed by atoms with Crippen molar-refractivity contribution in [3.8, 4) is 33.5 Å². The zero-order chi connectivity index (χ0) is 37.4. The minimum absolute atomic E-state index is 0.0118. The molecule has 55 heavy (non-hydrogen) atoms. The molecule has 4 aliphatic rings. The van der Waals surface area contributed by atoms with Crippen molar-refractivity contribution in [2.75, 3.05) is 13.7 Å². The summed E-state index contributed by atoms with van der Waals surface area (Å²) in [6, 6.07) is 24.4. The Kier molecular flexibility index (Phi) is 7.88. The Morgan fingerprint density at radius 1 is 0.891 bits per heavy atom. The van der Waals surface area contributed by atoms with Crippen LogP contribution in [0.4, 0.5) is 13.6 Å². The number of hydrogen-bond donors (Lipinski definition) is 4. The Morgan fingerprint density at radius 3 is 2.40 bits per heavy atom. The van der Waals surface area contributed by atoms with Crippen LogP contribution < -0.4 is 10.6 Å². The van der Waals surface area contributed by atoms with E-state index in [2.05, 4.69) is 25.6 Å². The highest BCUT2D eigenvalue weighted by Gasteiger charge is 2.51. The summed E-state index contributed by atoms with van der Waals surface area (Å²) in [4.78, 5) is 45.0. The second-order valence-electron chi connectivity index (χ2n) is 15.2. The standard InChI is InChI=1S/C43H39F2N7O3/c1-55-42(54)51-37(23-6-3-2-4-7-23)41(53)52-28-13-9-27(18-28)38(52)40-48-33-16-12-25(21-35(33)49-40)24-10-14-29-30-15-11-26(20-32(30)43(44,45)31(29)19-24)36-22-47-39(50-36)34-8-5-17-46-34/h2-4,6-7,10-12,14-16,19-22,27-28,34,37-38,46H,5,8-9,13,17-18H2,1H3,(H,47,50)(H,48,49)(H,51,54)/t27?,28-,34+,37-,38+/m1/s1. The Bertz CT molecular complexity index is 2470. The van der Waals surface area contributed by atoms with Crippen molar-refractivity contribution in [2.45, 2.75) is 62.2 Å². The van der Waals surface area contributed by atoms with Crippen molar-refractivity contribution in [3.05, 3.63) is 119 Å². The van der Waals surface area contributed by atoms with Gasteiger partial charge in [-0.3, -0.25) is 4.79 Å². The molecule has 4 N–H and O–H groups in total. The number of rotatable bonds is 7. The fraction of sp³-hybridized carbons (Fsp3) is 0.302. The van der Waals surface area contributed by atoms with Crippen molar-refractivity contribution in [2.24, 2.45) is 5.92 Å². The number of hydrogen-bond acceptors (Lipinski definition) is 6. The van der Waals surface area contributed by atoms with Gasteiger partial charge >= 0.3 is 6.09 Å². The Balaban J connectivity index is 0.940. The number of benzene rings is 4. The molecule has 1 unspecified atom stereocenters. The summed E-state index contributed by atoms with van der Waals surface area (Å²) >= 11 is 0. The van der Waals surface area contributed by atoms with Crippen molar-refractivity contribution in [3.63, 3.8) is 0 Å². The quantitative estimate of drug-likeness (QED) is 0.130. The van der Waals surface area contributed by atoms with Crippen LogP contribution in [0, 0.1) is 5.92 Å². The second-order valence-corrected chi connectivity index (χ2v) is 15.2. The van der Waals surface area contributed by atoms with Gasteiger partial charge in [-0.05, 0) is 96.6 Å². The lowest BCUT2D eigenvalue weighted by Crippen LogP contribution is -2.47. The normalized spacial score (nSPS) is 22.5. The number of H-pyrrole nitrogens is 2. The number of fused-ring (bicyclic) bond motifs is 6. The highest BCUT2D eigenvalue weighted by Crippen LogP contribution is 2.53. The molecule has 2 saturated heterocycles. The highest BCUT2D eigenvalue weighted by molar-refractivity contribution is 5.89. The molecule has 2 aromatic heterocycles. The molecular weight excluding hydrogens is 701 g/mol. The lowest BCUT2D eigenvalue weighted by molar-refractivity contribution is -0.138. The molecule has 1 saturated carbocycles. The third kappa shape index (κ3) is 5.52. The van der Waals surface area contributed by atoms with Gasteiger partial charge in [0.1, 0.15) is 17.7 Å². The van der Waals surface area contributed by atoms with Gasteiger partial charge in [-0.25, -0.2) is 14.8 Å². The number of amides is 2. The van der Waals surface area contributed by atoms with Gasteiger partial charge in [0.2, 0.25) is 0 Å². The minimum atomic E-state index is -3.18. The van der Waals surface area contributed by atoms with Crippen LogP contribution in [0.25, 0.3) is 44.5 Å². The molecule has 2 bridgehead atoms.